The lowest BCUT2D eigenvalue weighted by Crippen LogP contribution is -2.34. The highest BCUT2D eigenvalue weighted by molar-refractivity contribution is 5.95. The van der Waals surface area contributed by atoms with Crippen molar-refractivity contribution in [3.63, 3.8) is 0 Å². The van der Waals surface area contributed by atoms with Gasteiger partial charge in [-0.25, -0.2) is 4.98 Å². The smallest absolute Gasteiger partial charge is 0.255 e. The molecule has 2 aromatic heterocycles. The molecule has 1 N–H and O–H groups in total. The summed E-state index contributed by atoms with van der Waals surface area (Å²) >= 11 is 0. The van der Waals surface area contributed by atoms with E-state index in [4.69, 9.17) is 0 Å². The molecule has 0 bridgehead atoms. The molecule has 7 nitrogen and oxygen atoms in total. The fourth-order valence-corrected chi connectivity index (χ4v) is 4.57. The van der Waals surface area contributed by atoms with E-state index in [1.54, 1.807) is 4.68 Å². The number of likely N-dealkylation sites (tertiary alicyclic amines) is 1. The molecular weight excluding hydrogens is 412 g/mol. The van der Waals surface area contributed by atoms with Crippen LogP contribution in [0.15, 0.2) is 54.9 Å². The number of piperidine rings is 1. The number of hydrogen-bond acceptors (Lipinski definition) is 5. The van der Waals surface area contributed by atoms with Crippen molar-refractivity contribution in [2.75, 3.05) is 32.1 Å². The molecule has 7 heteroatoms. The van der Waals surface area contributed by atoms with Gasteiger partial charge in [-0.15, -0.1) is 0 Å². The van der Waals surface area contributed by atoms with Crippen molar-refractivity contribution in [3.05, 3.63) is 77.2 Å². The van der Waals surface area contributed by atoms with E-state index in [0.29, 0.717) is 18.0 Å². The fourth-order valence-electron chi connectivity index (χ4n) is 4.57. The molecule has 0 saturated carbocycles. The summed E-state index contributed by atoms with van der Waals surface area (Å²) in [4.78, 5) is 22.0. The van der Waals surface area contributed by atoms with Crippen LogP contribution >= 0.6 is 0 Å². The summed E-state index contributed by atoms with van der Waals surface area (Å²) in [6.45, 7) is 3.55. The molecule has 3 aromatic rings. The van der Waals surface area contributed by atoms with Crippen LogP contribution in [0.5, 0.6) is 0 Å². The Hall–Kier alpha value is -3.19. The number of carbonyl (C=O) groups excluding carboxylic acids is 1. The van der Waals surface area contributed by atoms with Crippen LogP contribution in [0.25, 0.3) is 0 Å². The number of nitrogens with zero attached hydrogens (tertiary/aromatic N) is 5. The highest BCUT2D eigenvalue weighted by Gasteiger charge is 2.24. The van der Waals surface area contributed by atoms with Gasteiger partial charge in [-0.1, -0.05) is 36.4 Å². The van der Waals surface area contributed by atoms with Crippen LogP contribution in [0.3, 0.4) is 0 Å². The van der Waals surface area contributed by atoms with Crippen molar-refractivity contribution in [2.45, 2.75) is 32.4 Å². The zero-order valence-electron chi connectivity index (χ0n) is 19.9. The van der Waals surface area contributed by atoms with Crippen molar-refractivity contribution in [2.24, 2.45) is 13.0 Å². The molecule has 1 fully saturated rings. The quantitative estimate of drug-likeness (QED) is 0.575. The number of carbonyl (C=O) groups is 1. The van der Waals surface area contributed by atoms with Crippen LogP contribution in [-0.4, -0.2) is 52.8 Å². The maximum atomic E-state index is 12.9. The molecule has 0 aliphatic carbocycles. The monoisotopic (exact) mass is 446 g/mol. The van der Waals surface area contributed by atoms with Crippen LogP contribution in [0.2, 0.25) is 0 Å². The van der Waals surface area contributed by atoms with Crippen molar-refractivity contribution < 1.29 is 4.79 Å². The molecule has 1 amide bonds. The van der Waals surface area contributed by atoms with Gasteiger partial charge in [0.1, 0.15) is 5.82 Å². The summed E-state index contributed by atoms with van der Waals surface area (Å²) in [5.74, 6) is 1.53. The number of anilines is 1. The Morgan fingerprint density at radius 2 is 1.88 bits per heavy atom. The summed E-state index contributed by atoms with van der Waals surface area (Å²) < 4.78 is 1.76. The maximum absolute atomic E-state index is 12.9. The van der Waals surface area contributed by atoms with Gasteiger partial charge in [-0.3, -0.25) is 14.4 Å². The Morgan fingerprint density at radius 3 is 2.61 bits per heavy atom. The second-order valence-electron chi connectivity index (χ2n) is 9.14. The van der Waals surface area contributed by atoms with E-state index in [1.165, 1.54) is 5.56 Å². The van der Waals surface area contributed by atoms with E-state index in [2.05, 4.69) is 31.3 Å². The highest BCUT2D eigenvalue weighted by Crippen LogP contribution is 2.25. The number of rotatable bonds is 8. The number of hydrogen-bond donors (Lipinski definition) is 1. The molecule has 0 spiro atoms. The van der Waals surface area contributed by atoms with Gasteiger partial charge in [0.05, 0.1) is 11.3 Å². The molecule has 174 valence electrons. The normalized spacial score (nSPS) is 14.9. The summed E-state index contributed by atoms with van der Waals surface area (Å²) in [5.41, 5.74) is 3.96. The first-order valence-electron chi connectivity index (χ1n) is 11.7. The van der Waals surface area contributed by atoms with Crippen molar-refractivity contribution >= 4 is 11.7 Å². The zero-order valence-corrected chi connectivity index (χ0v) is 19.9. The standard InChI is InChI=1S/C26H34N6O/c1-30(2)25-22(10-7-13-27-25)18-32-14-11-20(12-15-32)16-24-23(19-31(3)29-24)26(33)28-17-21-8-5-4-6-9-21/h4-10,13,19-20H,11-12,14-18H2,1-3H3,(H,28,33). The summed E-state index contributed by atoms with van der Waals surface area (Å²) in [7, 11) is 5.97. The van der Waals surface area contributed by atoms with E-state index in [0.717, 1.165) is 56.0 Å². The van der Waals surface area contributed by atoms with Gasteiger partial charge in [0.25, 0.3) is 5.91 Å². The van der Waals surface area contributed by atoms with Crippen molar-refractivity contribution in [1.82, 2.24) is 25.0 Å². The van der Waals surface area contributed by atoms with Crippen LogP contribution in [-0.2, 0) is 26.6 Å². The second-order valence-corrected chi connectivity index (χ2v) is 9.14. The zero-order chi connectivity index (χ0) is 23.2. The lowest BCUT2D eigenvalue weighted by Gasteiger charge is -2.32. The molecule has 4 rings (SSSR count). The summed E-state index contributed by atoms with van der Waals surface area (Å²) in [6.07, 6.45) is 6.76. The topological polar surface area (TPSA) is 66.3 Å². The number of amides is 1. The fraction of sp³-hybridized carbons (Fsp3) is 0.423. The molecule has 33 heavy (non-hydrogen) atoms. The highest BCUT2D eigenvalue weighted by atomic mass is 16.1. The van der Waals surface area contributed by atoms with Gasteiger partial charge < -0.3 is 10.2 Å². The molecule has 1 aliphatic heterocycles. The first-order valence-corrected chi connectivity index (χ1v) is 11.7. The molecular formula is C26H34N6O. The summed E-state index contributed by atoms with van der Waals surface area (Å²) in [5, 5.41) is 7.67. The number of pyridine rings is 1. The van der Waals surface area contributed by atoms with E-state index in [-0.39, 0.29) is 5.91 Å². The van der Waals surface area contributed by atoms with Crippen LogP contribution < -0.4 is 10.2 Å². The van der Waals surface area contributed by atoms with Gasteiger partial charge in [0.2, 0.25) is 0 Å². The maximum Gasteiger partial charge on any atom is 0.255 e. The SMILES string of the molecule is CN(C)c1ncccc1CN1CCC(Cc2nn(C)cc2C(=O)NCc2ccccc2)CC1. The molecule has 1 aromatic carbocycles. The molecule has 0 radical (unpaired) electrons. The Labute approximate surface area is 196 Å². The third-order valence-electron chi connectivity index (χ3n) is 6.32. The number of nitrogens with one attached hydrogen (secondary N) is 1. The van der Waals surface area contributed by atoms with Gasteiger partial charge in [0, 0.05) is 52.2 Å². The molecule has 3 heterocycles. The number of aromatic nitrogens is 3. The Bertz CT molecular complexity index is 1050. The van der Waals surface area contributed by atoms with Gasteiger partial charge in [-0.2, -0.15) is 5.10 Å². The predicted molar refractivity (Wildman–Crippen MR) is 131 cm³/mol. The minimum Gasteiger partial charge on any atom is -0.362 e. The minimum absolute atomic E-state index is 0.0489. The summed E-state index contributed by atoms with van der Waals surface area (Å²) in [6, 6.07) is 14.2. The van der Waals surface area contributed by atoms with Crippen LogP contribution in [0.4, 0.5) is 5.82 Å². The number of aryl methyl sites for hydroxylation is 1. The van der Waals surface area contributed by atoms with Crippen LogP contribution in [0, 0.1) is 5.92 Å². The largest absolute Gasteiger partial charge is 0.362 e. The van der Waals surface area contributed by atoms with E-state index >= 15 is 0 Å². The third-order valence-corrected chi connectivity index (χ3v) is 6.32. The lowest BCUT2D eigenvalue weighted by atomic mass is 9.91. The first-order chi connectivity index (χ1) is 16.0. The predicted octanol–water partition coefficient (Wildman–Crippen LogP) is 3.27. The second kappa shape index (κ2) is 10.6. The van der Waals surface area contributed by atoms with Crippen LogP contribution in [0.1, 0.15) is 40.0 Å². The Morgan fingerprint density at radius 1 is 1.12 bits per heavy atom. The van der Waals surface area contributed by atoms with E-state index in [1.807, 2.05) is 69.9 Å². The third kappa shape index (κ3) is 5.99. The minimum atomic E-state index is -0.0489. The molecule has 0 unspecified atom stereocenters. The van der Waals surface area contributed by atoms with E-state index < -0.39 is 0 Å². The Kier molecular flexibility index (Phi) is 7.40. The Balaban J connectivity index is 1.32. The van der Waals surface area contributed by atoms with Gasteiger partial charge in [0.15, 0.2) is 0 Å². The van der Waals surface area contributed by atoms with Crippen molar-refractivity contribution in [3.8, 4) is 0 Å². The molecule has 0 atom stereocenters. The lowest BCUT2D eigenvalue weighted by molar-refractivity contribution is 0.0949. The first kappa shape index (κ1) is 23.0. The van der Waals surface area contributed by atoms with E-state index in [9.17, 15) is 4.79 Å². The van der Waals surface area contributed by atoms with Gasteiger partial charge in [-0.05, 0) is 49.9 Å². The van der Waals surface area contributed by atoms with Gasteiger partial charge >= 0.3 is 0 Å². The van der Waals surface area contributed by atoms with Crippen molar-refractivity contribution in [1.29, 1.82) is 0 Å². The molecule has 1 aliphatic rings. The average Bonchev–Trinajstić information content (AvgIpc) is 3.19. The average molecular weight is 447 g/mol. The molecule has 1 saturated heterocycles. The number of benzene rings is 1.